The molecule has 0 saturated heterocycles. The molecule has 0 unspecified atom stereocenters. The molecule has 3 rings (SSSR count). The van der Waals surface area contributed by atoms with Gasteiger partial charge in [-0.05, 0) is 41.8 Å². The van der Waals surface area contributed by atoms with Gasteiger partial charge in [-0.1, -0.05) is 41.9 Å². The Kier molecular flexibility index (Phi) is 8.79. The van der Waals surface area contributed by atoms with E-state index in [1.165, 1.54) is 31.4 Å². The highest BCUT2D eigenvalue weighted by atomic mass is 35.5. The second-order valence-electron chi connectivity index (χ2n) is 6.71. The molecular formula is C23H19ClN2O8. The summed E-state index contributed by atoms with van der Waals surface area (Å²) < 4.78 is 8.93. The molecule has 34 heavy (non-hydrogen) atoms. The first-order chi connectivity index (χ1) is 16.1. The van der Waals surface area contributed by atoms with Crippen molar-refractivity contribution in [3.8, 4) is 11.1 Å². The number of hydrogen-bond donors (Lipinski definition) is 0. The third-order valence-electron chi connectivity index (χ3n) is 4.62. The first-order valence-corrected chi connectivity index (χ1v) is 9.93. The summed E-state index contributed by atoms with van der Waals surface area (Å²) in [4.78, 5) is 43.0. The van der Waals surface area contributed by atoms with Crippen LogP contribution in [0.3, 0.4) is 0 Å². The molecule has 0 aliphatic carbocycles. The van der Waals surface area contributed by atoms with Crippen molar-refractivity contribution in [2.24, 2.45) is 0 Å². The monoisotopic (exact) mass is 486 g/mol. The molecule has 176 valence electrons. The van der Waals surface area contributed by atoms with Gasteiger partial charge in [0.05, 0.1) is 24.1 Å². The average molecular weight is 487 g/mol. The minimum atomic E-state index is -0.756. The van der Waals surface area contributed by atoms with Gasteiger partial charge in [0.2, 0.25) is 0 Å². The second kappa shape index (κ2) is 11.5. The predicted octanol–water partition coefficient (Wildman–Crippen LogP) is 5.39. The number of hydrogen-bond acceptors (Lipinski definition) is 8. The summed E-state index contributed by atoms with van der Waals surface area (Å²) in [6.07, 6.45) is 0. The molecule has 0 spiro atoms. The van der Waals surface area contributed by atoms with Crippen LogP contribution in [0.2, 0.25) is 5.02 Å². The zero-order chi connectivity index (χ0) is 25.4. The first kappa shape index (κ1) is 25.9. The van der Waals surface area contributed by atoms with Crippen molar-refractivity contribution in [1.82, 2.24) is 0 Å². The third-order valence-corrected chi connectivity index (χ3v) is 4.85. The molecule has 0 N–H and O–H groups in total. The summed E-state index contributed by atoms with van der Waals surface area (Å²) in [5.74, 6) is -1.47. The Balaban J connectivity index is 0.000000257. The fourth-order valence-electron chi connectivity index (χ4n) is 2.97. The van der Waals surface area contributed by atoms with Gasteiger partial charge in [-0.15, -0.1) is 0 Å². The lowest BCUT2D eigenvalue weighted by Gasteiger charge is -2.07. The highest BCUT2D eigenvalue weighted by Gasteiger charge is 2.22. The van der Waals surface area contributed by atoms with Crippen molar-refractivity contribution in [2.45, 2.75) is 6.92 Å². The number of nitro benzene ring substituents is 2. The summed E-state index contributed by atoms with van der Waals surface area (Å²) in [5, 5.41) is 21.8. The molecule has 0 atom stereocenters. The number of rotatable bonds is 5. The number of esters is 2. The van der Waals surface area contributed by atoms with Gasteiger partial charge < -0.3 is 9.47 Å². The fraction of sp³-hybridized carbons (Fsp3) is 0.130. The van der Waals surface area contributed by atoms with Crippen molar-refractivity contribution in [3.05, 3.63) is 103 Å². The normalized spacial score (nSPS) is 9.88. The Morgan fingerprint density at radius 1 is 0.794 bits per heavy atom. The highest BCUT2D eigenvalue weighted by molar-refractivity contribution is 6.31. The zero-order valence-electron chi connectivity index (χ0n) is 18.3. The van der Waals surface area contributed by atoms with Crippen molar-refractivity contribution < 1.29 is 28.9 Å². The summed E-state index contributed by atoms with van der Waals surface area (Å²) in [5.41, 5.74) is 1.83. The number of carbonyl (C=O) groups is 2. The van der Waals surface area contributed by atoms with Crippen molar-refractivity contribution in [1.29, 1.82) is 0 Å². The van der Waals surface area contributed by atoms with Gasteiger partial charge >= 0.3 is 11.9 Å². The van der Waals surface area contributed by atoms with Crippen LogP contribution < -0.4 is 0 Å². The van der Waals surface area contributed by atoms with E-state index in [2.05, 4.69) is 9.47 Å². The Labute approximate surface area is 199 Å². The summed E-state index contributed by atoms with van der Waals surface area (Å²) in [7, 11) is 2.35. The van der Waals surface area contributed by atoms with E-state index in [-0.39, 0.29) is 27.5 Å². The van der Waals surface area contributed by atoms with Crippen molar-refractivity contribution in [2.75, 3.05) is 14.2 Å². The van der Waals surface area contributed by atoms with Crippen molar-refractivity contribution >= 4 is 34.9 Å². The van der Waals surface area contributed by atoms with Gasteiger partial charge in [0.1, 0.15) is 11.1 Å². The molecule has 3 aromatic carbocycles. The Bertz CT molecular complexity index is 1260. The average Bonchev–Trinajstić information content (AvgIpc) is 2.83. The van der Waals surface area contributed by atoms with Gasteiger partial charge in [-0.2, -0.15) is 0 Å². The molecule has 0 fully saturated rings. The zero-order valence-corrected chi connectivity index (χ0v) is 19.1. The fourth-order valence-corrected chi connectivity index (χ4v) is 3.13. The maximum Gasteiger partial charge on any atom is 0.344 e. The van der Waals surface area contributed by atoms with Crippen LogP contribution in [0.1, 0.15) is 26.3 Å². The van der Waals surface area contributed by atoms with E-state index in [1.807, 2.05) is 31.2 Å². The molecule has 0 amide bonds. The van der Waals surface area contributed by atoms with Crippen LogP contribution in [0.5, 0.6) is 0 Å². The van der Waals surface area contributed by atoms with Crippen LogP contribution in [-0.4, -0.2) is 36.0 Å². The lowest BCUT2D eigenvalue weighted by Crippen LogP contribution is -2.05. The van der Waals surface area contributed by atoms with Crippen LogP contribution in [-0.2, 0) is 9.47 Å². The molecule has 0 radical (unpaired) electrons. The van der Waals surface area contributed by atoms with E-state index in [4.69, 9.17) is 11.6 Å². The van der Waals surface area contributed by atoms with Gasteiger partial charge in [-0.25, -0.2) is 9.59 Å². The molecule has 10 nitrogen and oxygen atoms in total. The minimum Gasteiger partial charge on any atom is -0.465 e. The molecule has 0 saturated carbocycles. The maximum atomic E-state index is 11.5. The molecule has 0 aromatic heterocycles. The van der Waals surface area contributed by atoms with Gasteiger partial charge in [-0.3, -0.25) is 20.2 Å². The van der Waals surface area contributed by atoms with E-state index < -0.39 is 21.8 Å². The summed E-state index contributed by atoms with van der Waals surface area (Å²) in [6.45, 7) is 1.93. The number of nitro groups is 2. The second-order valence-corrected chi connectivity index (χ2v) is 7.14. The van der Waals surface area contributed by atoms with Crippen LogP contribution in [0, 0.1) is 27.2 Å². The number of halogens is 1. The number of aryl methyl sites for hydroxylation is 1. The SMILES string of the molecule is COC(=O)c1ccc(-c2ccccc2C)cc1[N+](=O)[O-].COC(=O)c1ccc(Cl)cc1[N+](=O)[O-]. The van der Waals surface area contributed by atoms with E-state index in [1.54, 1.807) is 6.07 Å². The van der Waals surface area contributed by atoms with Gasteiger partial charge in [0, 0.05) is 17.2 Å². The summed E-state index contributed by atoms with van der Waals surface area (Å²) >= 11 is 5.55. The standard InChI is InChI=1S/C15H13NO4.C8H6ClNO4/c1-10-5-3-4-6-12(10)11-7-8-13(15(17)20-2)14(9-11)16(18)19;1-14-8(11)6-3-2-5(9)4-7(6)10(12)13/h3-9H,1-2H3;2-4H,1H3. The summed E-state index contributed by atoms with van der Waals surface area (Å²) in [6, 6.07) is 15.8. The predicted molar refractivity (Wildman–Crippen MR) is 124 cm³/mol. The quantitative estimate of drug-likeness (QED) is 0.265. The Morgan fingerprint density at radius 3 is 1.79 bits per heavy atom. The van der Waals surface area contributed by atoms with Gasteiger partial charge in [0.25, 0.3) is 11.4 Å². The van der Waals surface area contributed by atoms with Crippen LogP contribution in [0.25, 0.3) is 11.1 Å². The smallest absolute Gasteiger partial charge is 0.344 e. The van der Waals surface area contributed by atoms with Crippen LogP contribution in [0.15, 0.2) is 60.7 Å². The molecule has 0 bridgehead atoms. The third kappa shape index (κ3) is 6.14. The molecule has 0 aliphatic heterocycles. The number of carbonyl (C=O) groups excluding carboxylic acids is 2. The molecular weight excluding hydrogens is 468 g/mol. The van der Waals surface area contributed by atoms with E-state index >= 15 is 0 Å². The number of benzene rings is 3. The Hall–Kier alpha value is -4.31. The largest absolute Gasteiger partial charge is 0.465 e. The van der Waals surface area contributed by atoms with E-state index in [9.17, 15) is 29.8 Å². The first-order valence-electron chi connectivity index (χ1n) is 9.55. The lowest BCUT2D eigenvalue weighted by atomic mass is 9.98. The minimum absolute atomic E-state index is 0.0464. The molecule has 3 aromatic rings. The van der Waals surface area contributed by atoms with E-state index in [0.29, 0.717) is 5.56 Å². The Morgan fingerprint density at radius 2 is 1.29 bits per heavy atom. The number of nitrogens with zero attached hydrogens (tertiary/aromatic N) is 2. The molecule has 0 heterocycles. The van der Waals surface area contributed by atoms with Gasteiger partial charge in [0.15, 0.2) is 0 Å². The maximum absolute atomic E-state index is 11.5. The lowest BCUT2D eigenvalue weighted by molar-refractivity contribution is -0.385. The molecule has 11 heteroatoms. The van der Waals surface area contributed by atoms with Crippen molar-refractivity contribution in [3.63, 3.8) is 0 Å². The van der Waals surface area contributed by atoms with Crippen LogP contribution >= 0.6 is 11.6 Å². The highest BCUT2D eigenvalue weighted by Crippen LogP contribution is 2.29. The van der Waals surface area contributed by atoms with Crippen LogP contribution in [0.4, 0.5) is 11.4 Å². The topological polar surface area (TPSA) is 139 Å². The number of ether oxygens (including phenoxy) is 2. The number of methoxy groups -OCH3 is 2. The molecule has 0 aliphatic rings. The van der Waals surface area contributed by atoms with E-state index in [0.717, 1.165) is 24.3 Å².